The summed E-state index contributed by atoms with van der Waals surface area (Å²) in [6.07, 6.45) is 0.733. The Morgan fingerprint density at radius 2 is 1.72 bits per heavy atom. The van der Waals surface area contributed by atoms with Crippen LogP contribution in [0.15, 0.2) is 66.9 Å². The highest BCUT2D eigenvalue weighted by Gasteiger charge is 2.35. The summed E-state index contributed by atoms with van der Waals surface area (Å²) in [7, 11) is 1.39. The highest BCUT2D eigenvalue weighted by Crippen LogP contribution is 2.39. The lowest BCUT2D eigenvalue weighted by Gasteiger charge is -2.20. The second-order valence-corrected chi connectivity index (χ2v) is 13.7. The van der Waals surface area contributed by atoms with Crippen LogP contribution in [0.2, 0.25) is 0 Å². The van der Waals surface area contributed by atoms with Gasteiger partial charge in [0.15, 0.2) is 0 Å². The van der Waals surface area contributed by atoms with Crippen molar-refractivity contribution in [3.63, 3.8) is 0 Å². The van der Waals surface area contributed by atoms with Gasteiger partial charge >= 0.3 is 12.1 Å². The molecule has 1 aromatic heterocycles. The number of aliphatic hydroxyl groups is 1. The summed E-state index contributed by atoms with van der Waals surface area (Å²) in [4.78, 5) is 32.9. The lowest BCUT2D eigenvalue weighted by molar-refractivity contribution is -0.141. The number of nitrogens with one attached hydrogen (secondary N) is 1. The number of carbonyl (C=O) groups is 2. The molecule has 0 bridgehead atoms. The minimum Gasteiger partial charge on any atom is -0.496 e. The van der Waals surface area contributed by atoms with E-state index in [1.807, 2.05) is 17.9 Å². The Morgan fingerprint density at radius 3 is 2.37 bits per heavy atom. The van der Waals surface area contributed by atoms with Crippen LogP contribution in [0.3, 0.4) is 0 Å². The molecule has 0 radical (unpaired) electrons. The number of nitriles is 1. The molecule has 54 heavy (non-hydrogen) atoms. The number of hydrogen-bond donors (Lipinski definition) is 3. The fraction of sp³-hybridized carbons (Fsp3) is 0.317. The van der Waals surface area contributed by atoms with Gasteiger partial charge in [-0.05, 0) is 78.4 Å². The van der Waals surface area contributed by atoms with Gasteiger partial charge in [-0.3, -0.25) is 24.4 Å². The number of hydrogen-bond acceptors (Lipinski definition) is 8. The second-order valence-electron chi connectivity index (χ2n) is 13.7. The summed E-state index contributed by atoms with van der Waals surface area (Å²) < 4.78 is 48.8. The zero-order valence-electron chi connectivity index (χ0n) is 29.9. The van der Waals surface area contributed by atoms with E-state index in [9.17, 15) is 38.2 Å². The van der Waals surface area contributed by atoms with E-state index in [1.165, 1.54) is 19.3 Å². The summed E-state index contributed by atoms with van der Waals surface area (Å²) in [6.45, 7) is 4.63. The number of carboxylic acids is 1. The predicted molar refractivity (Wildman–Crippen MR) is 197 cm³/mol. The molecule has 2 saturated heterocycles. The van der Waals surface area contributed by atoms with Crippen LogP contribution in [0.5, 0.6) is 5.75 Å². The van der Waals surface area contributed by atoms with E-state index in [2.05, 4.69) is 21.3 Å². The van der Waals surface area contributed by atoms with E-state index in [-0.39, 0.29) is 47.5 Å². The van der Waals surface area contributed by atoms with Gasteiger partial charge in [0.05, 0.1) is 35.9 Å². The van der Waals surface area contributed by atoms with Gasteiger partial charge in [-0.15, -0.1) is 0 Å². The number of likely N-dealkylation sites (tertiary alicyclic amines) is 2. The van der Waals surface area contributed by atoms with Crippen LogP contribution in [0.25, 0.3) is 23.3 Å². The van der Waals surface area contributed by atoms with E-state index in [0.717, 1.165) is 24.6 Å². The Balaban J connectivity index is 1.23. The van der Waals surface area contributed by atoms with E-state index in [4.69, 9.17) is 4.74 Å². The Kier molecular flexibility index (Phi) is 11.5. The zero-order valence-corrected chi connectivity index (χ0v) is 29.9. The van der Waals surface area contributed by atoms with Gasteiger partial charge in [-0.1, -0.05) is 48.6 Å². The first-order valence-electron chi connectivity index (χ1n) is 17.6. The first-order chi connectivity index (χ1) is 25.8. The maximum atomic E-state index is 14.4. The fourth-order valence-corrected chi connectivity index (χ4v) is 7.12. The van der Waals surface area contributed by atoms with Gasteiger partial charge in [-0.25, -0.2) is 0 Å². The number of rotatable bonds is 11. The molecule has 280 valence electrons. The molecule has 2 fully saturated rings. The summed E-state index contributed by atoms with van der Waals surface area (Å²) in [6, 6.07) is 18.4. The first kappa shape index (κ1) is 38.2. The maximum Gasteiger partial charge on any atom is 0.417 e. The molecule has 1 amide bonds. The number of methoxy groups -OCH3 is 1. The first-order valence-corrected chi connectivity index (χ1v) is 17.6. The number of pyridine rings is 1. The second kappa shape index (κ2) is 16.2. The molecule has 3 aromatic carbocycles. The van der Waals surface area contributed by atoms with Crippen LogP contribution in [0, 0.1) is 24.2 Å². The normalized spacial score (nSPS) is 17.9. The number of benzene rings is 3. The molecule has 3 N–H and O–H groups in total. The molecule has 10 nitrogen and oxygen atoms in total. The molecule has 2 atom stereocenters. The number of halogens is 3. The Morgan fingerprint density at radius 1 is 1.00 bits per heavy atom. The average Bonchev–Trinajstić information content (AvgIpc) is 3.79. The number of carboxylic acid groups (broad SMARTS) is 1. The zero-order chi connectivity index (χ0) is 38.6. The summed E-state index contributed by atoms with van der Waals surface area (Å²) in [5, 5.41) is 32.2. The number of ether oxygens (including phenoxy) is 1. The van der Waals surface area contributed by atoms with Crippen molar-refractivity contribution in [3.05, 3.63) is 111 Å². The average molecular weight is 740 g/mol. The van der Waals surface area contributed by atoms with E-state index >= 15 is 0 Å². The van der Waals surface area contributed by atoms with Gasteiger partial charge in [0.25, 0.3) is 5.91 Å². The van der Waals surface area contributed by atoms with Crippen LogP contribution in [0.1, 0.15) is 62.3 Å². The number of nitrogens with zero attached hydrogens (tertiary/aromatic N) is 4. The molecule has 2 aliphatic heterocycles. The number of aliphatic carboxylic acids is 1. The van der Waals surface area contributed by atoms with Crippen molar-refractivity contribution in [2.75, 3.05) is 38.6 Å². The van der Waals surface area contributed by atoms with Crippen LogP contribution in [0.4, 0.5) is 18.9 Å². The van der Waals surface area contributed by atoms with Gasteiger partial charge in [0.2, 0.25) is 0 Å². The topological polar surface area (TPSA) is 139 Å². The number of β-amino-alcohol motifs (C(OH)–C–C–N with tert-alkyl or cyclic N) is 1. The third-order valence-electron chi connectivity index (χ3n) is 10.0. The number of alkyl halides is 3. The van der Waals surface area contributed by atoms with Gasteiger partial charge in [-0.2, -0.15) is 18.4 Å². The van der Waals surface area contributed by atoms with Crippen LogP contribution < -0.4 is 10.1 Å². The smallest absolute Gasteiger partial charge is 0.417 e. The maximum absolute atomic E-state index is 14.4. The predicted octanol–water partition coefficient (Wildman–Crippen LogP) is 6.85. The van der Waals surface area contributed by atoms with Crippen molar-refractivity contribution >= 4 is 29.7 Å². The Bertz CT molecular complexity index is 2110. The monoisotopic (exact) mass is 739 g/mol. The molecule has 0 aliphatic carbocycles. The molecule has 13 heteroatoms. The molecule has 2 aliphatic rings. The fourth-order valence-electron chi connectivity index (χ4n) is 7.12. The van der Waals surface area contributed by atoms with Crippen molar-refractivity contribution in [2.45, 2.75) is 45.1 Å². The highest BCUT2D eigenvalue weighted by molar-refractivity contribution is 6.04. The van der Waals surface area contributed by atoms with Crippen molar-refractivity contribution in [1.82, 2.24) is 14.8 Å². The van der Waals surface area contributed by atoms with Crippen molar-refractivity contribution < 1.29 is 37.7 Å². The number of aromatic nitrogens is 1. The molecule has 3 heterocycles. The Labute approximate surface area is 311 Å². The molecule has 4 aromatic rings. The summed E-state index contributed by atoms with van der Waals surface area (Å²) in [5.74, 6) is -1.71. The van der Waals surface area contributed by atoms with Crippen LogP contribution >= 0.6 is 0 Å². The van der Waals surface area contributed by atoms with Crippen molar-refractivity contribution in [1.29, 1.82) is 5.26 Å². The van der Waals surface area contributed by atoms with E-state index < -0.39 is 29.5 Å². The van der Waals surface area contributed by atoms with E-state index in [1.54, 1.807) is 54.7 Å². The summed E-state index contributed by atoms with van der Waals surface area (Å²) in [5.41, 5.74) is 3.46. The van der Waals surface area contributed by atoms with Crippen LogP contribution in [-0.2, 0) is 24.1 Å². The van der Waals surface area contributed by atoms with Gasteiger partial charge in [0, 0.05) is 50.0 Å². The number of carbonyl (C=O) groups excluding carboxylic acids is 1. The molecular formula is C41H40F3N5O5. The van der Waals surface area contributed by atoms with Gasteiger partial charge in [0.1, 0.15) is 17.5 Å². The van der Waals surface area contributed by atoms with Gasteiger partial charge < -0.3 is 20.3 Å². The summed E-state index contributed by atoms with van der Waals surface area (Å²) >= 11 is 0. The highest BCUT2D eigenvalue weighted by atomic mass is 19.4. The third kappa shape index (κ3) is 8.63. The SMILES string of the molecule is COc1cc(/C=C/c2cccc(-c3cccc(NC(=O)c4ccc(CN5CC[C@@H](O)C5)cn4)c3C#N)c2C)c(C(F)(F)F)cc1CN1CC[C@@H](C(=O)O)C1. The molecule has 0 saturated carbocycles. The molecule has 0 unspecified atom stereocenters. The lowest BCUT2D eigenvalue weighted by Crippen LogP contribution is -2.23. The minimum absolute atomic E-state index is 0.100. The van der Waals surface area contributed by atoms with E-state index in [0.29, 0.717) is 53.9 Å². The number of amides is 1. The van der Waals surface area contributed by atoms with Crippen LogP contribution in [-0.4, -0.2) is 76.3 Å². The minimum atomic E-state index is -4.67. The standard InChI is InChI=1S/C41H40F3N5O5/c1-25-27(10-11-28-18-38(54-2)30(17-35(28)41(42,43)44)23-49-15-13-29(22-49)40(52)53)5-3-6-32(25)33-7-4-8-36(34(33)19-45)47-39(51)37-12-9-26(20-46-37)21-48-16-14-31(50)24-48/h3-12,17-18,20,29,31,50H,13-16,21-24H2,1-2H3,(H,47,51)(H,52,53)/b11-10+/t29-,31-/m1/s1. The molecular weight excluding hydrogens is 699 g/mol. The Hall–Kier alpha value is -5.55. The molecule has 0 spiro atoms. The third-order valence-corrected chi connectivity index (χ3v) is 10.0. The van der Waals surface area contributed by atoms with Crippen molar-refractivity contribution in [3.8, 4) is 22.9 Å². The van der Waals surface area contributed by atoms with Crippen molar-refractivity contribution in [2.24, 2.45) is 5.92 Å². The molecule has 6 rings (SSSR count). The quantitative estimate of drug-likeness (QED) is 0.141. The lowest BCUT2D eigenvalue weighted by atomic mass is 9.92. The largest absolute Gasteiger partial charge is 0.496 e. The number of anilines is 1. The number of aliphatic hydroxyl groups excluding tert-OH is 1.